The molecule has 1 rings (SSSR count). The molecule has 0 bridgehead atoms. The smallest absolute Gasteiger partial charge is 0.164 e. The highest BCUT2D eigenvalue weighted by Crippen LogP contribution is 2.31. The van der Waals surface area contributed by atoms with Crippen LogP contribution in [0.4, 0.5) is 0 Å². The van der Waals surface area contributed by atoms with Gasteiger partial charge in [0.25, 0.3) is 0 Å². The number of methoxy groups -OCH3 is 2. The van der Waals surface area contributed by atoms with E-state index in [1.807, 2.05) is 11.8 Å². The Hall–Kier alpha value is 0.140. The van der Waals surface area contributed by atoms with Crippen molar-refractivity contribution < 1.29 is 17.9 Å². The van der Waals surface area contributed by atoms with Gasteiger partial charge in [0.15, 0.2) is 16.1 Å². The van der Waals surface area contributed by atoms with Crippen LogP contribution in [-0.2, 0) is 19.3 Å². The van der Waals surface area contributed by atoms with Crippen molar-refractivity contribution in [1.82, 2.24) is 4.90 Å². The molecule has 0 radical (unpaired) electrons. The second kappa shape index (κ2) is 7.42. The molecule has 2 N–H and O–H groups in total. The lowest BCUT2D eigenvalue weighted by Gasteiger charge is -2.47. The van der Waals surface area contributed by atoms with Gasteiger partial charge in [-0.05, 0) is 6.92 Å². The van der Waals surface area contributed by atoms with Crippen molar-refractivity contribution in [2.75, 3.05) is 45.1 Å². The molecule has 1 fully saturated rings. The summed E-state index contributed by atoms with van der Waals surface area (Å²) in [4.78, 5) is 2.00. The van der Waals surface area contributed by atoms with Gasteiger partial charge < -0.3 is 15.2 Å². The van der Waals surface area contributed by atoms with Gasteiger partial charge in [0.2, 0.25) is 0 Å². The summed E-state index contributed by atoms with van der Waals surface area (Å²) < 4.78 is 34.6. The van der Waals surface area contributed by atoms with Gasteiger partial charge in [-0.15, -0.1) is 0 Å². The predicted molar refractivity (Wildman–Crippen MR) is 82.5 cm³/mol. The summed E-state index contributed by atoms with van der Waals surface area (Å²) in [6, 6.07) is 0. The van der Waals surface area contributed by atoms with E-state index in [2.05, 4.69) is 0 Å². The molecule has 0 spiro atoms. The summed E-state index contributed by atoms with van der Waals surface area (Å²) in [5, 5.41) is -0.496. The number of nitrogens with zero attached hydrogens (tertiary/aromatic N) is 1. The van der Waals surface area contributed by atoms with Gasteiger partial charge in [-0.2, -0.15) is 11.8 Å². The number of thioether (sulfide) groups is 1. The Morgan fingerprint density at radius 3 is 2.50 bits per heavy atom. The predicted octanol–water partition coefficient (Wildman–Crippen LogP) is 0.132. The first-order valence-electron chi connectivity index (χ1n) is 6.57. The van der Waals surface area contributed by atoms with E-state index in [0.717, 1.165) is 5.75 Å². The van der Waals surface area contributed by atoms with Gasteiger partial charge in [0.05, 0.1) is 0 Å². The van der Waals surface area contributed by atoms with Crippen molar-refractivity contribution in [2.24, 2.45) is 5.73 Å². The zero-order valence-electron chi connectivity index (χ0n) is 12.7. The Morgan fingerprint density at radius 1 is 1.45 bits per heavy atom. The molecule has 2 unspecified atom stereocenters. The van der Waals surface area contributed by atoms with Crippen molar-refractivity contribution in [3.05, 3.63) is 0 Å². The van der Waals surface area contributed by atoms with Crippen LogP contribution in [0.2, 0.25) is 0 Å². The average molecular weight is 326 g/mol. The van der Waals surface area contributed by atoms with Crippen LogP contribution in [0.15, 0.2) is 0 Å². The molecule has 0 saturated carbocycles. The number of sulfone groups is 1. The number of rotatable bonds is 7. The Balaban J connectivity index is 3.00. The Kier molecular flexibility index (Phi) is 6.75. The van der Waals surface area contributed by atoms with E-state index >= 15 is 0 Å². The number of hydrogen-bond donors (Lipinski definition) is 1. The fourth-order valence-corrected chi connectivity index (χ4v) is 5.47. The second-order valence-corrected chi connectivity index (χ2v) is 8.71. The first-order valence-corrected chi connectivity index (χ1v) is 9.68. The van der Waals surface area contributed by atoms with E-state index in [1.54, 1.807) is 26.0 Å². The van der Waals surface area contributed by atoms with Gasteiger partial charge >= 0.3 is 0 Å². The summed E-state index contributed by atoms with van der Waals surface area (Å²) in [6.45, 7) is 3.04. The highest BCUT2D eigenvalue weighted by molar-refractivity contribution is 8.00. The topological polar surface area (TPSA) is 81.9 Å². The highest BCUT2D eigenvalue weighted by Gasteiger charge is 2.42. The SMILES string of the molecule is COC(CC(C)(CN)N1CCSCC1S(C)(=O)=O)OC. The Morgan fingerprint density at radius 2 is 2.05 bits per heavy atom. The van der Waals surface area contributed by atoms with Crippen LogP contribution in [-0.4, -0.2) is 75.6 Å². The van der Waals surface area contributed by atoms with Crippen molar-refractivity contribution in [2.45, 2.75) is 30.5 Å². The third-order valence-corrected chi connectivity index (χ3v) is 6.49. The third-order valence-electron chi connectivity index (χ3n) is 3.84. The molecule has 0 aromatic rings. The molecule has 2 atom stereocenters. The van der Waals surface area contributed by atoms with E-state index in [-0.39, 0.29) is 0 Å². The molecule has 20 heavy (non-hydrogen) atoms. The maximum atomic E-state index is 12.0. The maximum Gasteiger partial charge on any atom is 0.164 e. The first kappa shape index (κ1) is 18.2. The molecule has 0 aromatic heterocycles. The van der Waals surface area contributed by atoms with Crippen LogP contribution >= 0.6 is 11.8 Å². The quantitative estimate of drug-likeness (QED) is 0.666. The molecule has 0 aliphatic carbocycles. The van der Waals surface area contributed by atoms with E-state index in [1.165, 1.54) is 6.26 Å². The van der Waals surface area contributed by atoms with Gasteiger partial charge in [0, 0.05) is 57.0 Å². The number of nitrogens with two attached hydrogens (primary N) is 1. The molecular weight excluding hydrogens is 300 g/mol. The minimum absolute atomic E-state index is 0.354. The standard InChI is InChI=1S/C12H26N2O4S2/c1-12(9-13,7-11(17-2)18-3)14-5-6-19-8-10(14)20(4,15)16/h10-11H,5-9,13H2,1-4H3. The summed E-state index contributed by atoms with van der Waals surface area (Å²) in [5.74, 6) is 1.49. The molecule has 0 amide bonds. The van der Waals surface area contributed by atoms with E-state index in [0.29, 0.717) is 25.3 Å². The summed E-state index contributed by atoms with van der Waals surface area (Å²) in [7, 11) is -0.000402. The Bertz CT molecular complexity index is 400. The summed E-state index contributed by atoms with van der Waals surface area (Å²) in [6.07, 6.45) is 1.43. The number of hydrogen-bond acceptors (Lipinski definition) is 7. The lowest BCUT2D eigenvalue weighted by atomic mass is 9.94. The zero-order valence-corrected chi connectivity index (χ0v) is 14.3. The van der Waals surface area contributed by atoms with Crippen molar-refractivity contribution >= 4 is 21.6 Å². The van der Waals surface area contributed by atoms with Gasteiger partial charge in [-0.1, -0.05) is 0 Å². The molecule has 1 heterocycles. The van der Waals surface area contributed by atoms with Crippen LogP contribution in [0.1, 0.15) is 13.3 Å². The molecule has 1 aliphatic heterocycles. The zero-order chi connectivity index (χ0) is 15.4. The summed E-state index contributed by atoms with van der Waals surface area (Å²) >= 11 is 1.67. The maximum absolute atomic E-state index is 12.0. The van der Waals surface area contributed by atoms with Crippen LogP contribution in [0.5, 0.6) is 0 Å². The lowest BCUT2D eigenvalue weighted by molar-refractivity contribution is -0.129. The molecule has 6 nitrogen and oxygen atoms in total. The molecule has 0 aromatic carbocycles. The Labute approximate surface area is 126 Å². The second-order valence-electron chi connectivity index (χ2n) is 5.36. The number of ether oxygens (including phenoxy) is 2. The van der Waals surface area contributed by atoms with Crippen molar-refractivity contribution in [3.63, 3.8) is 0 Å². The molecular formula is C12H26N2O4S2. The van der Waals surface area contributed by atoms with Crippen LogP contribution < -0.4 is 5.73 Å². The molecule has 1 aliphatic rings. The fraction of sp³-hybridized carbons (Fsp3) is 1.00. The van der Waals surface area contributed by atoms with Gasteiger partial charge in [-0.25, -0.2) is 8.42 Å². The largest absolute Gasteiger partial charge is 0.356 e. The lowest BCUT2D eigenvalue weighted by Crippen LogP contribution is -2.62. The third kappa shape index (κ3) is 4.32. The van der Waals surface area contributed by atoms with E-state index < -0.39 is 27.0 Å². The van der Waals surface area contributed by atoms with Gasteiger partial charge in [-0.3, -0.25) is 4.90 Å². The van der Waals surface area contributed by atoms with Gasteiger partial charge in [0.1, 0.15) is 5.37 Å². The normalized spacial score (nSPS) is 24.8. The minimum Gasteiger partial charge on any atom is -0.356 e. The molecule has 120 valence electrons. The van der Waals surface area contributed by atoms with E-state index in [9.17, 15) is 8.42 Å². The van der Waals surface area contributed by atoms with Crippen LogP contribution in [0, 0.1) is 0 Å². The van der Waals surface area contributed by atoms with E-state index in [4.69, 9.17) is 15.2 Å². The van der Waals surface area contributed by atoms with Crippen LogP contribution in [0.25, 0.3) is 0 Å². The monoisotopic (exact) mass is 326 g/mol. The average Bonchev–Trinajstić information content (AvgIpc) is 2.43. The molecule has 1 saturated heterocycles. The highest BCUT2D eigenvalue weighted by atomic mass is 32.2. The van der Waals surface area contributed by atoms with Crippen molar-refractivity contribution in [1.29, 1.82) is 0 Å². The van der Waals surface area contributed by atoms with Crippen LogP contribution in [0.3, 0.4) is 0 Å². The molecule has 8 heteroatoms. The first-order chi connectivity index (χ1) is 9.28. The van der Waals surface area contributed by atoms with Crippen molar-refractivity contribution in [3.8, 4) is 0 Å². The minimum atomic E-state index is -3.15. The summed E-state index contributed by atoms with van der Waals surface area (Å²) in [5.41, 5.74) is 5.48. The fourth-order valence-electron chi connectivity index (χ4n) is 2.49.